The molecule has 1 aromatic carbocycles. The lowest BCUT2D eigenvalue weighted by Crippen LogP contribution is -2.31. The molecule has 2 aliphatic heterocycles. The summed E-state index contributed by atoms with van der Waals surface area (Å²) in [4.78, 5) is 16.9. The molecule has 3 N–H and O–H groups in total. The van der Waals surface area contributed by atoms with Gasteiger partial charge in [-0.15, -0.1) is 11.8 Å². The van der Waals surface area contributed by atoms with Crippen molar-refractivity contribution >= 4 is 34.4 Å². The number of hydrogen-bond donors (Lipinski definition) is 2. The Bertz CT molecular complexity index is 650. The third-order valence-electron chi connectivity index (χ3n) is 2.99. The summed E-state index contributed by atoms with van der Waals surface area (Å²) in [5.41, 5.74) is 6.39. The number of hydrogen-bond acceptors (Lipinski definition) is 7. The third-order valence-corrected chi connectivity index (χ3v) is 3.72. The van der Waals surface area contributed by atoms with Gasteiger partial charge in [-0.3, -0.25) is 0 Å². The molecule has 0 radical (unpaired) electrons. The molecule has 2 unspecified atom stereocenters. The highest BCUT2D eigenvalue weighted by Crippen LogP contribution is 2.24. The fraction of sp³-hybridized carbons (Fsp3) is 0.231. The number of rotatable bonds is 2. The van der Waals surface area contributed by atoms with Gasteiger partial charge in [0.15, 0.2) is 17.7 Å². The van der Waals surface area contributed by atoms with E-state index in [4.69, 9.17) is 5.73 Å². The molecule has 0 saturated heterocycles. The normalized spacial score (nSPS) is 22.4. The van der Waals surface area contributed by atoms with E-state index in [0.717, 1.165) is 10.6 Å². The third kappa shape index (κ3) is 2.25. The SMILES string of the molecule is CSC1=NC(N)=NC2=NC(C(O)c3ccccc3)=NC21. The zero-order valence-electron chi connectivity index (χ0n) is 10.8. The smallest absolute Gasteiger partial charge is 0.222 e. The van der Waals surface area contributed by atoms with E-state index in [2.05, 4.69) is 20.0 Å². The number of nitrogens with two attached hydrogens (primary N) is 1. The van der Waals surface area contributed by atoms with Crippen molar-refractivity contribution in [3.63, 3.8) is 0 Å². The van der Waals surface area contributed by atoms with Crippen LogP contribution in [0.3, 0.4) is 0 Å². The van der Waals surface area contributed by atoms with Crippen LogP contribution in [0.1, 0.15) is 11.7 Å². The molecule has 2 aliphatic rings. The predicted octanol–water partition coefficient (Wildman–Crippen LogP) is 0.989. The van der Waals surface area contributed by atoms with Crippen LogP contribution in [0, 0.1) is 0 Å². The molecule has 0 saturated carbocycles. The second-order valence-electron chi connectivity index (χ2n) is 4.30. The average molecular weight is 287 g/mol. The standard InChI is InChI=1S/C13H13N5OS/c1-20-12-8-10(17-13(14)18-12)16-11(15-8)9(19)7-5-3-2-4-6-7/h2-6,8-9,19H,1H3,(H2,14,15,16,17). The second kappa shape index (κ2) is 5.18. The van der Waals surface area contributed by atoms with Crippen molar-refractivity contribution < 1.29 is 5.11 Å². The highest BCUT2D eigenvalue weighted by atomic mass is 32.2. The highest BCUT2D eigenvalue weighted by Gasteiger charge is 2.33. The number of thioether (sulfide) groups is 1. The van der Waals surface area contributed by atoms with E-state index in [0.29, 0.717) is 11.7 Å². The van der Waals surface area contributed by atoms with E-state index in [1.807, 2.05) is 36.6 Å². The molecule has 0 aromatic heterocycles. The van der Waals surface area contributed by atoms with Gasteiger partial charge in [0.25, 0.3) is 0 Å². The molecule has 2 heterocycles. The average Bonchev–Trinajstić information content (AvgIpc) is 2.90. The monoisotopic (exact) mass is 287 g/mol. The molecule has 102 valence electrons. The van der Waals surface area contributed by atoms with Gasteiger partial charge in [-0.2, -0.15) is 4.99 Å². The van der Waals surface area contributed by atoms with Crippen LogP contribution in [-0.4, -0.2) is 40.1 Å². The van der Waals surface area contributed by atoms with Gasteiger partial charge in [0.05, 0.1) is 0 Å². The Balaban J connectivity index is 1.93. The van der Waals surface area contributed by atoms with E-state index in [1.54, 1.807) is 0 Å². The first-order chi connectivity index (χ1) is 9.69. The molecule has 20 heavy (non-hydrogen) atoms. The van der Waals surface area contributed by atoms with Gasteiger partial charge in [-0.1, -0.05) is 30.3 Å². The summed E-state index contributed by atoms with van der Waals surface area (Å²) < 4.78 is 0. The maximum absolute atomic E-state index is 10.3. The molecule has 0 fully saturated rings. The van der Waals surface area contributed by atoms with Gasteiger partial charge in [-0.05, 0) is 11.8 Å². The van der Waals surface area contributed by atoms with E-state index in [9.17, 15) is 5.11 Å². The number of amidine groups is 2. The van der Waals surface area contributed by atoms with Crippen molar-refractivity contribution in [2.24, 2.45) is 25.7 Å². The van der Waals surface area contributed by atoms with Crippen LogP contribution in [0.15, 0.2) is 50.3 Å². The van der Waals surface area contributed by atoms with Crippen LogP contribution in [0.4, 0.5) is 0 Å². The molecule has 6 nitrogen and oxygen atoms in total. The maximum Gasteiger partial charge on any atom is 0.222 e. The summed E-state index contributed by atoms with van der Waals surface area (Å²) in [6, 6.07) is 8.93. The first kappa shape index (κ1) is 13.0. The van der Waals surface area contributed by atoms with Gasteiger partial charge < -0.3 is 10.8 Å². The van der Waals surface area contributed by atoms with E-state index < -0.39 is 6.10 Å². The molecule has 1 aromatic rings. The van der Waals surface area contributed by atoms with E-state index in [-0.39, 0.29) is 12.0 Å². The van der Waals surface area contributed by atoms with Crippen LogP contribution in [0.2, 0.25) is 0 Å². The lowest BCUT2D eigenvalue weighted by molar-refractivity contribution is 0.246. The zero-order chi connectivity index (χ0) is 14.1. The molecule has 2 atom stereocenters. The summed E-state index contributed by atoms with van der Waals surface area (Å²) in [6.45, 7) is 0. The van der Waals surface area contributed by atoms with Crippen LogP contribution >= 0.6 is 11.8 Å². The minimum Gasteiger partial charge on any atom is -0.380 e. The van der Waals surface area contributed by atoms with Crippen molar-refractivity contribution in [3.8, 4) is 0 Å². The minimum absolute atomic E-state index is 0.176. The number of aliphatic hydroxyl groups is 1. The summed E-state index contributed by atoms with van der Waals surface area (Å²) >= 11 is 1.46. The van der Waals surface area contributed by atoms with E-state index >= 15 is 0 Å². The van der Waals surface area contributed by atoms with Crippen LogP contribution in [-0.2, 0) is 0 Å². The van der Waals surface area contributed by atoms with E-state index in [1.165, 1.54) is 11.8 Å². The largest absolute Gasteiger partial charge is 0.380 e. The first-order valence-corrected chi connectivity index (χ1v) is 7.27. The topological polar surface area (TPSA) is 95.7 Å². The Hall–Kier alpha value is -1.99. The molecule has 0 bridgehead atoms. The predicted molar refractivity (Wildman–Crippen MR) is 82.6 cm³/mol. The van der Waals surface area contributed by atoms with Gasteiger partial charge in [0.1, 0.15) is 11.1 Å². The fourth-order valence-electron chi connectivity index (χ4n) is 2.04. The maximum atomic E-state index is 10.3. The Morgan fingerprint density at radius 1 is 1.20 bits per heavy atom. The zero-order valence-corrected chi connectivity index (χ0v) is 11.6. The molecule has 0 aliphatic carbocycles. The van der Waals surface area contributed by atoms with Crippen LogP contribution in [0.25, 0.3) is 0 Å². The molecule has 7 heteroatoms. The Morgan fingerprint density at radius 3 is 2.65 bits per heavy atom. The Morgan fingerprint density at radius 2 is 1.95 bits per heavy atom. The van der Waals surface area contributed by atoms with Gasteiger partial charge in [0.2, 0.25) is 5.96 Å². The van der Waals surface area contributed by atoms with Crippen molar-refractivity contribution in [2.45, 2.75) is 12.1 Å². The van der Waals surface area contributed by atoms with Crippen molar-refractivity contribution in [1.82, 2.24) is 0 Å². The van der Waals surface area contributed by atoms with Crippen molar-refractivity contribution in [3.05, 3.63) is 35.9 Å². The van der Waals surface area contributed by atoms with Crippen LogP contribution < -0.4 is 5.73 Å². The van der Waals surface area contributed by atoms with Gasteiger partial charge in [-0.25, -0.2) is 15.0 Å². The molecular weight excluding hydrogens is 274 g/mol. The molecule has 0 spiro atoms. The molecular formula is C13H13N5OS. The highest BCUT2D eigenvalue weighted by molar-refractivity contribution is 8.13. The summed E-state index contributed by atoms with van der Waals surface area (Å²) in [5, 5.41) is 11.1. The fourth-order valence-corrected chi connectivity index (χ4v) is 2.61. The van der Waals surface area contributed by atoms with Crippen molar-refractivity contribution in [1.29, 1.82) is 0 Å². The number of guanidine groups is 1. The van der Waals surface area contributed by atoms with Gasteiger partial charge >= 0.3 is 0 Å². The molecule has 3 rings (SSSR count). The lowest BCUT2D eigenvalue weighted by Gasteiger charge is -2.13. The number of aliphatic imine (C=N–C) groups is 4. The minimum atomic E-state index is -0.867. The van der Waals surface area contributed by atoms with Gasteiger partial charge in [0, 0.05) is 0 Å². The number of fused-ring (bicyclic) bond motifs is 1. The first-order valence-electron chi connectivity index (χ1n) is 6.05. The number of aliphatic hydroxyl groups excluding tert-OH is 1. The Labute approximate surface area is 120 Å². The second-order valence-corrected chi connectivity index (χ2v) is 5.12. The lowest BCUT2D eigenvalue weighted by atomic mass is 10.1. The molecule has 0 amide bonds. The Kier molecular flexibility index (Phi) is 3.37. The summed E-state index contributed by atoms with van der Waals surface area (Å²) in [7, 11) is 0. The van der Waals surface area contributed by atoms with Crippen molar-refractivity contribution in [2.75, 3.05) is 6.26 Å². The quantitative estimate of drug-likeness (QED) is 0.849. The number of nitrogens with zero attached hydrogens (tertiary/aromatic N) is 4. The summed E-state index contributed by atoms with van der Waals surface area (Å²) in [6.07, 6.45) is 1.03. The summed E-state index contributed by atoms with van der Waals surface area (Å²) in [5.74, 6) is 1.01. The van der Waals surface area contributed by atoms with Crippen LogP contribution in [0.5, 0.6) is 0 Å². The number of benzene rings is 1.